The first-order chi connectivity index (χ1) is 13.7. The summed E-state index contributed by atoms with van der Waals surface area (Å²) in [6.07, 6.45) is 0.109. The molecule has 1 aliphatic heterocycles. The van der Waals surface area contributed by atoms with Crippen molar-refractivity contribution >= 4 is 11.6 Å². The number of aromatic nitrogens is 2. The molecule has 5 nitrogen and oxygen atoms in total. The van der Waals surface area contributed by atoms with Gasteiger partial charge in [0.15, 0.2) is 5.82 Å². The molecule has 1 aromatic heterocycles. The van der Waals surface area contributed by atoms with Gasteiger partial charge in [0.25, 0.3) is 5.89 Å². The van der Waals surface area contributed by atoms with Gasteiger partial charge in [0.2, 0.25) is 5.91 Å². The quantitative estimate of drug-likeness (QED) is 0.635. The Labute approximate surface area is 167 Å². The average Bonchev–Trinajstić information content (AvgIpc) is 3.30. The standard InChI is InChI=1S/C22H21F2N3O2/c1-22(2,3)15-6-4-13(5-7-15)21-25-20(26-29-21)14-10-19(28)27(12-14)18-11-16(23)8-9-17(18)24/h4-9,11,14H,10,12H2,1-3H3. The lowest BCUT2D eigenvalue weighted by Gasteiger charge is -2.18. The van der Waals surface area contributed by atoms with Gasteiger partial charge in [0.1, 0.15) is 11.6 Å². The van der Waals surface area contributed by atoms with Gasteiger partial charge < -0.3 is 9.42 Å². The van der Waals surface area contributed by atoms with Gasteiger partial charge in [-0.15, -0.1) is 0 Å². The topological polar surface area (TPSA) is 59.2 Å². The van der Waals surface area contributed by atoms with Gasteiger partial charge in [-0.25, -0.2) is 8.78 Å². The lowest BCUT2D eigenvalue weighted by Crippen LogP contribution is -2.25. The van der Waals surface area contributed by atoms with Crippen LogP contribution in [0.15, 0.2) is 47.0 Å². The number of nitrogens with zero attached hydrogens (tertiary/aromatic N) is 3. The Morgan fingerprint density at radius 2 is 1.83 bits per heavy atom. The summed E-state index contributed by atoms with van der Waals surface area (Å²) in [5, 5.41) is 4.02. The van der Waals surface area contributed by atoms with Crippen molar-refractivity contribution in [1.82, 2.24) is 10.1 Å². The number of amides is 1. The second-order valence-electron chi connectivity index (χ2n) is 8.29. The highest BCUT2D eigenvalue weighted by molar-refractivity contribution is 5.96. The maximum absolute atomic E-state index is 14.1. The Morgan fingerprint density at radius 1 is 1.10 bits per heavy atom. The largest absolute Gasteiger partial charge is 0.334 e. The van der Waals surface area contributed by atoms with E-state index in [9.17, 15) is 13.6 Å². The fourth-order valence-electron chi connectivity index (χ4n) is 3.44. The van der Waals surface area contributed by atoms with Gasteiger partial charge >= 0.3 is 0 Å². The third-order valence-corrected chi connectivity index (χ3v) is 5.13. The molecule has 1 aliphatic rings. The van der Waals surface area contributed by atoms with E-state index in [0.29, 0.717) is 11.7 Å². The maximum Gasteiger partial charge on any atom is 0.257 e. The predicted octanol–water partition coefficient (Wildman–Crippen LogP) is 4.83. The summed E-state index contributed by atoms with van der Waals surface area (Å²) in [5.41, 5.74) is 1.95. The number of carbonyl (C=O) groups excluding carboxylic acids is 1. The second kappa shape index (κ2) is 7.06. The molecular formula is C22H21F2N3O2. The molecule has 4 rings (SSSR count). The molecule has 1 unspecified atom stereocenters. The van der Waals surface area contributed by atoms with Crippen LogP contribution in [-0.2, 0) is 10.2 Å². The number of hydrogen-bond donors (Lipinski definition) is 0. The van der Waals surface area contributed by atoms with E-state index in [1.165, 1.54) is 10.5 Å². The third-order valence-electron chi connectivity index (χ3n) is 5.13. The summed E-state index contributed by atoms with van der Waals surface area (Å²) < 4.78 is 32.9. The SMILES string of the molecule is CC(C)(C)c1ccc(-c2nc(C3CC(=O)N(c4cc(F)ccc4F)C3)no2)cc1. The summed E-state index contributed by atoms with van der Waals surface area (Å²) in [7, 11) is 0. The first-order valence-corrected chi connectivity index (χ1v) is 9.42. The normalized spacial score (nSPS) is 17.2. The van der Waals surface area contributed by atoms with E-state index in [1.807, 2.05) is 24.3 Å². The van der Waals surface area contributed by atoms with E-state index < -0.39 is 11.6 Å². The fraction of sp³-hybridized carbons (Fsp3) is 0.318. The average molecular weight is 397 g/mol. The van der Waals surface area contributed by atoms with Gasteiger partial charge in [0.05, 0.1) is 5.69 Å². The Bertz CT molecular complexity index is 1050. The smallest absolute Gasteiger partial charge is 0.257 e. The minimum absolute atomic E-state index is 0.0401. The molecule has 0 N–H and O–H groups in total. The molecule has 3 aromatic rings. The molecule has 29 heavy (non-hydrogen) atoms. The van der Waals surface area contributed by atoms with Crippen LogP contribution in [0.2, 0.25) is 0 Å². The lowest BCUT2D eigenvalue weighted by atomic mass is 9.87. The first-order valence-electron chi connectivity index (χ1n) is 9.42. The molecular weight excluding hydrogens is 376 g/mol. The number of carbonyl (C=O) groups is 1. The van der Waals surface area contributed by atoms with Crippen LogP contribution in [-0.4, -0.2) is 22.6 Å². The molecule has 2 heterocycles. The van der Waals surface area contributed by atoms with Crippen LogP contribution in [0, 0.1) is 11.6 Å². The van der Waals surface area contributed by atoms with Crippen molar-refractivity contribution in [2.75, 3.05) is 11.4 Å². The van der Waals surface area contributed by atoms with Crippen LogP contribution < -0.4 is 4.90 Å². The lowest BCUT2D eigenvalue weighted by molar-refractivity contribution is -0.117. The van der Waals surface area contributed by atoms with Crippen molar-refractivity contribution in [2.45, 2.75) is 38.5 Å². The number of halogens is 2. The van der Waals surface area contributed by atoms with E-state index >= 15 is 0 Å². The zero-order valence-corrected chi connectivity index (χ0v) is 16.4. The highest BCUT2D eigenvalue weighted by atomic mass is 19.1. The van der Waals surface area contributed by atoms with E-state index in [-0.39, 0.29) is 35.9 Å². The van der Waals surface area contributed by atoms with Gasteiger partial charge in [-0.1, -0.05) is 38.1 Å². The second-order valence-corrected chi connectivity index (χ2v) is 8.29. The van der Waals surface area contributed by atoms with Crippen molar-refractivity contribution in [3.05, 3.63) is 65.5 Å². The molecule has 0 radical (unpaired) electrons. The number of hydrogen-bond acceptors (Lipinski definition) is 4. The molecule has 7 heteroatoms. The molecule has 1 fully saturated rings. The van der Waals surface area contributed by atoms with E-state index in [1.54, 1.807) is 0 Å². The molecule has 1 atom stereocenters. The van der Waals surface area contributed by atoms with Crippen LogP contribution in [0.3, 0.4) is 0 Å². The fourth-order valence-corrected chi connectivity index (χ4v) is 3.44. The van der Waals surface area contributed by atoms with E-state index in [4.69, 9.17) is 4.52 Å². The van der Waals surface area contributed by atoms with Crippen molar-refractivity contribution in [3.63, 3.8) is 0 Å². The first kappa shape index (κ1) is 19.2. The highest BCUT2D eigenvalue weighted by Gasteiger charge is 2.36. The Balaban J connectivity index is 1.54. The number of rotatable bonds is 3. The van der Waals surface area contributed by atoms with Crippen molar-refractivity contribution in [1.29, 1.82) is 0 Å². The van der Waals surface area contributed by atoms with Crippen LogP contribution in [0.1, 0.15) is 44.5 Å². The summed E-state index contributed by atoms with van der Waals surface area (Å²) in [6.45, 7) is 6.58. The zero-order chi connectivity index (χ0) is 20.8. The Kier molecular flexibility index (Phi) is 4.68. The molecule has 150 valence electrons. The van der Waals surface area contributed by atoms with Crippen LogP contribution in [0.5, 0.6) is 0 Å². The molecule has 1 amide bonds. The molecule has 2 aromatic carbocycles. The van der Waals surface area contributed by atoms with Crippen LogP contribution in [0.25, 0.3) is 11.5 Å². The minimum atomic E-state index is -0.645. The van der Waals surface area contributed by atoms with E-state index in [2.05, 4.69) is 30.9 Å². The maximum atomic E-state index is 14.1. The zero-order valence-electron chi connectivity index (χ0n) is 16.4. The van der Waals surface area contributed by atoms with Crippen molar-refractivity contribution < 1.29 is 18.1 Å². The van der Waals surface area contributed by atoms with Crippen LogP contribution >= 0.6 is 0 Å². The van der Waals surface area contributed by atoms with Crippen LogP contribution in [0.4, 0.5) is 14.5 Å². The van der Waals surface area contributed by atoms with Gasteiger partial charge in [-0.05, 0) is 35.2 Å². The number of benzene rings is 2. The van der Waals surface area contributed by atoms with Crippen molar-refractivity contribution in [2.24, 2.45) is 0 Å². The predicted molar refractivity (Wildman–Crippen MR) is 105 cm³/mol. The van der Waals surface area contributed by atoms with E-state index in [0.717, 1.165) is 23.8 Å². The highest BCUT2D eigenvalue weighted by Crippen LogP contribution is 2.33. The number of anilines is 1. The summed E-state index contributed by atoms with van der Waals surface area (Å²) >= 11 is 0. The summed E-state index contributed by atoms with van der Waals surface area (Å²) in [5.74, 6) is -1.15. The summed E-state index contributed by atoms with van der Waals surface area (Å²) in [4.78, 5) is 18.0. The van der Waals surface area contributed by atoms with Gasteiger partial charge in [-0.3, -0.25) is 4.79 Å². The molecule has 0 bridgehead atoms. The van der Waals surface area contributed by atoms with Crippen molar-refractivity contribution in [3.8, 4) is 11.5 Å². The molecule has 1 saturated heterocycles. The minimum Gasteiger partial charge on any atom is -0.334 e. The molecule has 0 spiro atoms. The monoisotopic (exact) mass is 397 g/mol. The molecule has 0 saturated carbocycles. The van der Waals surface area contributed by atoms with Gasteiger partial charge in [-0.2, -0.15) is 4.98 Å². The third kappa shape index (κ3) is 3.77. The Hall–Kier alpha value is -3.09. The Morgan fingerprint density at radius 3 is 2.52 bits per heavy atom. The summed E-state index contributed by atoms with van der Waals surface area (Å²) in [6, 6.07) is 10.9. The molecule has 0 aliphatic carbocycles. The van der Waals surface area contributed by atoms with Gasteiger partial charge in [0, 0.05) is 30.5 Å².